The lowest BCUT2D eigenvalue weighted by Gasteiger charge is -2.57. The van der Waals surface area contributed by atoms with Gasteiger partial charge in [-0.3, -0.25) is 0 Å². The van der Waals surface area contributed by atoms with E-state index in [-0.39, 0.29) is 11.2 Å². The number of nitrogens with zero attached hydrogens (tertiary/aromatic N) is 3. The molecule has 13 rings (SSSR count). The maximum absolute atomic E-state index is 6.36. The molecule has 0 N–H and O–H groups in total. The highest BCUT2D eigenvalue weighted by Gasteiger charge is 2.53. The van der Waals surface area contributed by atoms with Gasteiger partial charge in [0.15, 0.2) is 17.5 Å². The maximum atomic E-state index is 6.36. The lowest BCUT2D eigenvalue weighted by Crippen LogP contribution is -2.48. The first kappa shape index (κ1) is 33.0. The zero-order chi connectivity index (χ0) is 35.7. The van der Waals surface area contributed by atoms with Crippen LogP contribution in [0.2, 0.25) is 0 Å². The summed E-state index contributed by atoms with van der Waals surface area (Å²) >= 11 is 0. The van der Waals surface area contributed by atoms with Crippen molar-refractivity contribution in [2.45, 2.75) is 127 Å². The van der Waals surface area contributed by atoms with E-state index in [1.807, 2.05) is 0 Å². The fraction of sp³-hybridized carbons (Fsp3) is 0.553. The lowest BCUT2D eigenvalue weighted by molar-refractivity contribution is -0.00530. The Morgan fingerprint density at radius 1 is 0.434 bits per heavy atom. The van der Waals surface area contributed by atoms with Crippen molar-refractivity contribution in [3.8, 4) is 34.2 Å². The smallest absolute Gasteiger partial charge is 0.399 e. The van der Waals surface area contributed by atoms with Crippen molar-refractivity contribution < 1.29 is 9.31 Å². The molecule has 3 aromatic carbocycles. The third-order valence-corrected chi connectivity index (χ3v) is 15.9. The van der Waals surface area contributed by atoms with Crippen LogP contribution >= 0.6 is 0 Å². The number of aromatic nitrogens is 3. The number of hydrogen-bond donors (Lipinski definition) is 0. The molecule has 8 aliphatic carbocycles. The predicted molar refractivity (Wildman–Crippen MR) is 212 cm³/mol. The van der Waals surface area contributed by atoms with Gasteiger partial charge in [0.25, 0.3) is 0 Å². The molecule has 4 aromatic rings. The van der Waals surface area contributed by atoms with Crippen LogP contribution in [0.3, 0.4) is 0 Å². The van der Waals surface area contributed by atoms with E-state index in [9.17, 15) is 0 Å². The first-order valence-corrected chi connectivity index (χ1v) is 20.9. The van der Waals surface area contributed by atoms with Gasteiger partial charge in [-0.15, -0.1) is 0 Å². The highest BCUT2D eigenvalue weighted by atomic mass is 16.7. The molecule has 1 saturated heterocycles. The summed E-state index contributed by atoms with van der Waals surface area (Å²) in [6, 6.07) is 27.2. The molecule has 0 unspecified atom stereocenters. The minimum Gasteiger partial charge on any atom is -0.399 e. The van der Waals surface area contributed by atoms with Gasteiger partial charge in [0.2, 0.25) is 0 Å². The quantitative estimate of drug-likeness (QED) is 0.187. The average Bonchev–Trinajstić information content (AvgIpc) is 3.36. The molecule has 0 spiro atoms. The van der Waals surface area contributed by atoms with Crippen LogP contribution in [0.4, 0.5) is 0 Å². The second-order valence-electron chi connectivity index (χ2n) is 20.1. The minimum atomic E-state index is -0.404. The molecular formula is C47H54BN3O2. The van der Waals surface area contributed by atoms with Gasteiger partial charge in [0.1, 0.15) is 0 Å². The fourth-order valence-corrected chi connectivity index (χ4v) is 13.4. The maximum Gasteiger partial charge on any atom is 0.494 e. The van der Waals surface area contributed by atoms with Crippen LogP contribution in [0.15, 0.2) is 72.8 Å². The van der Waals surface area contributed by atoms with E-state index < -0.39 is 7.12 Å². The zero-order valence-corrected chi connectivity index (χ0v) is 32.1. The number of rotatable bonds is 6. The van der Waals surface area contributed by atoms with Crippen LogP contribution in [-0.4, -0.2) is 33.3 Å². The van der Waals surface area contributed by atoms with E-state index in [0.717, 1.165) is 69.3 Å². The first-order valence-electron chi connectivity index (χ1n) is 20.9. The van der Waals surface area contributed by atoms with Crippen molar-refractivity contribution in [2.24, 2.45) is 35.5 Å². The average molecular weight is 704 g/mol. The van der Waals surface area contributed by atoms with Crippen molar-refractivity contribution in [1.82, 2.24) is 15.0 Å². The summed E-state index contributed by atoms with van der Waals surface area (Å²) in [5.41, 5.74) is 7.13. The monoisotopic (exact) mass is 703 g/mol. The SMILES string of the molecule is CC1(C)OB(c2ccc(-c3nc(-c4ccc(C56C[C@H]7C[C@@H](C5)C[C@@H](C6)C7)cc4)nc(-c4ccc(C56C[C@H]7C[C@H](C5)C[C@@H](C6)C7)cc4)n3)cc2)OC1(C)C. The Bertz CT molecular complexity index is 1860. The Morgan fingerprint density at radius 3 is 1.02 bits per heavy atom. The second kappa shape index (κ2) is 11.6. The molecule has 6 heteroatoms. The van der Waals surface area contributed by atoms with Gasteiger partial charge in [-0.1, -0.05) is 72.8 Å². The van der Waals surface area contributed by atoms with E-state index in [2.05, 4.69) is 100 Å². The van der Waals surface area contributed by atoms with Gasteiger partial charge >= 0.3 is 7.12 Å². The molecule has 1 aliphatic heterocycles. The summed E-state index contributed by atoms with van der Waals surface area (Å²) in [7, 11) is -0.404. The third kappa shape index (κ3) is 5.43. The van der Waals surface area contributed by atoms with Gasteiger partial charge in [0.05, 0.1) is 11.2 Å². The lowest BCUT2D eigenvalue weighted by atomic mass is 9.48. The summed E-state index contributed by atoms with van der Waals surface area (Å²) in [4.78, 5) is 15.5. The van der Waals surface area contributed by atoms with E-state index in [4.69, 9.17) is 24.3 Å². The van der Waals surface area contributed by atoms with Crippen LogP contribution in [0.5, 0.6) is 0 Å². The van der Waals surface area contributed by atoms with Crippen molar-refractivity contribution >= 4 is 12.6 Å². The molecule has 53 heavy (non-hydrogen) atoms. The van der Waals surface area contributed by atoms with Crippen LogP contribution in [0, 0.1) is 35.5 Å². The summed E-state index contributed by atoms with van der Waals surface area (Å²) in [5.74, 6) is 7.76. The van der Waals surface area contributed by atoms with Crippen LogP contribution < -0.4 is 5.46 Å². The van der Waals surface area contributed by atoms with Gasteiger partial charge in [-0.25, -0.2) is 15.0 Å². The van der Waals surface area contributed by atoms with Crippen molar-refractivity contribution in [3.05, 3.63) is 83.9 Å². The Morgan fingerprint density at radius 2 is 0.717 bits per heavy atom. The molecule has 1 aromatic heterocycles. The number of benzene rings is 3. The molecule has 0 amide bonds. The molecular weight excluding hydrogens is 649 g/mol. The Kier molecular flexibility index (Phi) is 7.22. The number of hydrogen-bond acceptors (Lipinski definition) is 5. The normalized spacial score (nSPS) is 35.7. The topological polar surface area (TPSA) is 57.1 Å². The van der Waals surface area contributed by atoms with E-state index in [1.165, 1.54) is 88.2 Å². The predicted octanol–water partition coefficient (Wildman–Crippen LogP) is 10.1. The summed E-state index contributed by atoms with van der Waals surface area (Å²) in [5, 5.41) is 0. The van der Waals surface area contributed by atoms with Crippen molar-refractivity contribution in [3.63, 3.8) is 0 Å². The Hall–Kier alpha value is -3.35. The second-order valence-corrected chi connectivity index (χ2v) is 20.1. The molecule has 9 aliphatic rings. The Balaban J connectivity index is 0.936. The van der Waals surface area contributed by atoms with Crippen LogP contribution in [0.1, 0.15) is 116 Å². The molecule has 0 atom stereocenters. The van der Waals surface area contributed by atoms with E-state index in [1.54, 1.807) is 0 Å². The van der Waals surface area contributed by atoms with Crippen molar-refractivity contribution in [2.75, 3.05) is 0 Å². The van der Waals surface area contributed by atoms with E-state index in [0.29, 0.717) is 16.7 Å². The largest absolute Gasteiger partial charge is 0.494 e. The van der Waals surface area contributed by atoms with Crippen molar-refractivity contribution in [1.29, 1.82) is 0 Å². The van der Waals surface area contributed by atoms with Gasteiger partial charge in [-0.2, -0.15) is 0 Å². The van der Waals surface area contributed by atoms with Gasteiger partial charge in [0, 0.05) is 16.7 Å². The van der Waals surface area contributed by atoms with Crippen LogP contribution in [0.25, 0.3) is 34.2 Å². The molecule has 5 nitrogen and oxygen atoms in total. The highest BCUT2D eigenvalue weighted by molar-refractivity contribution is 6.62. The molecule has 0 radical (unpaired) electrons. The molecule has 9 fully saturated rings. The summed E-state index contributed by atoms with van der Waals surface area (Å²) < 4.78 is 12.7. The summed E-state index contributed by atoms with van der Waals surface area (Å²) in [6.45, 7) is 8.39. The molecule has 272 valence electrons. The minimum absolute atomic E-state index is 0.375. The highest BCUT2D eigenvalue weighted by Crippen LogP contribution is 2.62. The third-order valence-electron chi connectivity index (χ3n) is 15.9. The summed E-state index contributed by atoms with van der Waals surface area (Å²) in [6.07, 6.45) is 17.1. The molecule has 2 heterocycles. The molecule has 8 saturated carbocycles. The fourth-order valence-electron chi connectivity index (χ4n) is 13.4. The van der Waals surface area contributed by atoms with Crippen LogP contribution in [-0.2, 0) is 20.1 Å². The Labute approximate surface area is 316 Å². The first-order chi connectivity index (χ1) is 25.5. The zero-order valence-electron chi connectivity index (χ0n) is 32.1. The van der Waals surface area contributed by atoms with Gasteiger partial charge in [-0.05, 0) is 168 Å². The molecule has 8 bridgehead atoms. The standard InChI is InChI=1S/C47H54BN3O2/c1-44(2)45(3,4)53-48(52-44)40-15-9-37(10-16-40)43-50-41(35-5-11-38(12-6-35)46-23-29-17-30(24-46)19-31(18-29)25-46)49-42(51-43)36-7-13-39(14-8-36)47-26-32-20-33(27-47)22-34(21-32)28-47/h5-16,29-34H,17-28H2,1-4H3/t29-,30-,31-,32-,33+,34-,46?,47?. The van der Waals surface area contributed by atoms with Gasteiger partial charge < -0.3 is 9.31 Å². The van der Waals surface area contributed by atoms with E-state index >= 15 is 0 Å².